The molecule has 1 aliphatic carbocycles. The maximum atomic E-state index is 8.94. The molecule has 118 valence electrons. The minimum atomic E-state index is 0.302. The molecular formula is C17H34N2O. The zero-order chi connectivity index (χ0) is 14.5. The van der Waals surface area contributed by atoms with Gasteiger partial charge in [0.05, 0.1) is 0 Å². The van der Waals surface area contributed by atoms with Crippen molar-refractivity contribution in [3.8, 4) is 0 Å². The van der Waals surface area contributed by atoms with Crippen LogP contribution < -0.4 is 5.32 Å². The van der Waals surface area contributed by atoms with Crippen molar-refractivity contribution in [1.29, 1.82) is 0 Å². The summed E-state index contributed by atoms with van der Waals surface area (Å²) in [5.41, 5.74) is 0. The summed E-state index contributed by atoms with van der Waals surface area (Å²) >= 11 is 0. The Hall–Kier alpha value is -0.120. The number of aliphatic hydroxyl groups excluding tert-OH is 1. The van der Waals surface area contributed by atoms with Gasteiger partial charge in [0.25, 0.3) is 0 Å². The van der Waals surface area contributed by atoms with E-state index in [-0.39, 0.29) is 0 Å². The molecule has 2 fully saturated rings. The molecule has 0 radical (unpaired) electrons. The van der Waals surface area contributed by atoms with Crippen molar-refractivity contribution in [3.63, 3.8) is 0 Å². The largest absolute Gasteiger partial charge is 0.396 e. The fraction of sp³-hybridized carbons (Fsp3) is 1.00. The van der Waals surface area contributed by atoms with Crippen molar-refractivity contribution >= 4 is 0 Å². The van der Waals surface area contributed by atoms with Crippen LogP contribution in [0.2, 0.25) is 0 Å². The van der Waals surface area contributed by atoms with Crippen LogP contribution in [-0.2, 0) is 0 Å². The van der Waals surface area contributed by atoms with E-state index < -0.39 is 0 Å². The van der Waals surface area contributed by atoms with E-state index in [1.807, 2.05) is 0 Å². The van der Waals surface area contributed by atoms with Crippen LogP contribution in [0.3, 0.4) is 0 Å². The zero-order valence-corrected chi connectivity index (χ0v) is 13.6. The monoisotopic (exact) mass is 282 g/mol. The van der Waals surface area contributed by atoms with E-state index in [2.05, 4.69) is 31.0 Å². The first-order valence-electron chi connectivity index (χ1n) is 8.74. The highest BCUT2D eigenvalue weighted by molar-refractivity contribution is 4.93. The Bertz CT molecular complexity index is 278. The molecule has 0 amide bonds. The van der Waals surface area contributed by atoms with E-state index in [0.717, 1.165) is 36.8 Å². The van der Waals surface area contributed by atoms with Crippen molar-refractivity contribution < 1.29 is 5.11 Å². The minimum Gasteiger partial charge on any atom is -0.396 e. The molecular weight excluding hydrogens is 248 g/mol. The fourth-order valence-electron chi connectivity index (χ4n) is 3.83. The number of hydrogen-bond acceptors (Lipinski definition) is 3. The molecule has 3 heteroatoms. The van der Waals surface area contributed by atoms with Gasteiger partial charge >= 0.3 is 0 Å². The number of piperidine rings is 1. The fourth-order valence-corrected chi connectivity index (χ4v) is 3.83. The molecule has 1 aliphatic heterocycles. The molecule has 3 atom stereocenters. The molecule has 2 rings (SSSR count). The zero-order valence-electron chi connectivity index (χ0n) is 13.6. The maximum Gasteiger partial charge on any atom is 0.0443 e. The first kappa shape index (κ1) is 16.3. The molecule has 1 heterocycles. The highest BCUT2D eigenvalue weighted by Crippen LogP contribution is 2.38. The Labute approximate surface area is 125 Å². The molecule has 2 aliphatic rings. The maximum absolute atomic E-state index is 8.94. The molecule has 0 aromatic heterocycles. The number of aliphatic hydroxyl groups is 1. The van der Waals surface area contributed by atoms with E-state index >= 15 is 0 Å². The second-order valence-electron chi connectivity index (χ2n) is 7.23. The van der Waals surface area contributed by atoms with E-state index in [1.165, 1.54) is 38.8 Å². The summed E-state index contributed by atoms with van der Waals surface area (Å²) in [5, 5.41) is 12.6. The molecule has 1 saturated heterocycles. The Kier molecular flexibility index (Phi) is 6.31. The minimum absolute atomic E-state index is 0.302. The molecule has 1 saturated carbocycles. The predicted octanol–water partition coefficient (Wildman–Crippen LogP) is 2.49. The van der Waals surface area contributed by atoms with Gasteiger partial charge in [0, 0.05) is 31.8 Å². The Morgan fingerprint density at radius 3 is 2.50 bits per heavy atom. The van der Waals surface area contributed by atoms with Crippen molar-refractivity contribution in [2.75, 3.05) is 26.2 Å². The van der Waals surface area contributed by atoms with Gasteiger partial charge in [0.15, 0.2) is 0 Å². The third-order valence-corrected chi connectivity index (χ3v) is 5.28. The molecule has 0 aromatic rings. The third-order valence-electron chi connectivity index (χ3n) is 5.28. The molecule has 0 aromatic carbocycles. The van der Waals surface area contributed by atoms with Gasteiger partial charge < -0.3 is 10.4 Å². The van der Waals surface area contributed by atoms with Crippen LogP contribution in [0.25, 0.3) is 0 Å². The lowest BCUT2D eigenvalue weighted by atomic mass is 9.84. The van der Waals surface area contributed by atoms with Crippen LogP contribution >= 0.6 is 0 Å². The van der Waals surface area contributed by atoms with Crippen molar-refractivity contribution in [2.24, 2.45) is 17.8 Å². The normalized spacial score (nSPS) is 29.9. The van der Waals surface area contributed by atoms with E-state index in [0.29, 0.717) is 12.6 Å². The predicted molar refractivity (Wildman–Crippen MR) is 84.8 cm³/mol. The van der Waals surface area contributed by atoms with Crippen LogP contribution in [0, 0.1) is 17.8 Å². The van der Waals surface area contributed by atoms with E-state index in [9.17, 15) is 0 Å². The van der Waals surface area contributed by atoms with Crippen LogP contribution in [0.5, 0.6) is 0 Å². The number of likely N-dealkylation sites (tertiary alicyclic amines) is 1. The van der Waals surface area contributed by atoms with Crippen LogP contribution in [0.4, 0.5) is 0 Å². The summed E-state index contributed by atoms with van der Waals surface area (Å²) in [6.07, 6.45) is 6.39. The van der Waals surface area contributed by atoms with Crippen molar-refractivity contribution in [3.05, 3.63) is 0 Å². The summed E-state index contributed by atoms with van der Waals surface area (Å²) in [5.74, 6) is 2.57. The highest BCUT2D eigenvalue weighted by Gasteiger charge is 2.38. The Morgan fingerprint density at radius 1 is 1.20 bits per heavy atom. The molecule has 3 unspecified atom stereocenters. The van der Waals surface area contributed by atoms with Gasteiger partial charge in [0.1, 0.15) is 0 Å². The average molecular weight is 282 g/mol. The van der Waals surface area contributed by atoms with Gasteiger partial charge in [-0.05, 0) is 56.4 Å². The van der Waals surface area contributed by atoms with Gasteiger partial charge in [-0.1, -0.05) is 20.8 Å². The van der Waals surface area contributed by atoms with E-state index in [4.69, 9.17) is 5.11 Å². The molecule has 0 bridgehead atoms. The summed E-state index contributed by atoms with van der Waals surface area (Å²) in [6, 6.07) is 1.44. The number of rotatable bonds is 8. The second kappa shape index (κ2) is 7.77. The first-order valence-corrected chi connectivity index (χ1v) is 8.74. The van der Waals surface area contributed by atoms with Crippen LogP contribution in [-0.4, -0.2) is 48.3 Å². The Morgan fingerprint density at radius 2 is 1.95 bits per heavy atom. The molecule has 3 nitrogen and oxygen atoms in total. The topological polar surface area (TPSA) is 35.5 Å². The van der Waals surface area contributed by atoms with Gasteiger partial charge in [-0.15, -0.1) is 0 Å². The van der Waals surface area contributed by atoms with Crippen LogP contribution in [0.15, 0.2) is 0 Å². The Balaban J connectivity index is 1.92. The average Bonchev–Trinajstić information content (AvgIpc) is 3.24. The summed E-state index contributed by atoms with van der Waals surface area (Å²) in [6.45, 7) is 10.9. The second-order valence-corrected chi connectivity index (χ2v) is 7.23. The molecule has 0 spiro atoms. The summed E-state index contributed by atoms with van der Waals surface area (Å²) < 4.78 is 0. The highest BCUT2D eigenvalue weighted by atomic mass is 16.3. The van der Waals surface area contributed by atoms with Crippen molar-refractivity contribution in [1.82, 2.24) is 10.2 Å². The smallest absolute Gasteiger partial charge is 0.0443 e. The SMILES string of the molecule is CCC(C1CC1)N1CC(NCCCO)CC(C(C)C)C1. The van der Waals surface area contributed by atoms with Gasteiger partial charge in [0.2, 0.25) is 0 Å². The number of nitrogens with zero attached hydrogens (tertiary/aromatic N) is 1. The molecule has 20 heavy (non-hydrogen) atoms. The van der Waals surface area contributed by atoms with E-state index in [1.54, 1.807) is 0 Å². The number of nitrogens with one attached hydrogen (secondary N) is 1. The number of hydrogen-bond donors (Lipinski definition) is 2. The summed E-state index contributed by atoms with van der Waals surface area (Å²) in [4.78, 5) is 2.78. The quantitative estimate of drug-likeness (QED) is 0.672. The van der Waals surface area contributed by atoms with Gasteiger partial charge in [-0.2, -0.15) is 0 Å². The van der Waals surface area contributed by atoms with Crippen LogP contribution in [0.1, 0.15) is 52.9 Å². The van der Waals surface area contributed by atoms with Gasteiger partial charge in [-0.3, -0.25) is 4.90 Å². The first-order chi connectivity index (χ1) is 9.65. The van der Waals surface area contributed by atoms with Crippen molar-refractivity contribution in [2.45, 2.75) is 65.0 Å². The lowest BCUT2D eigenvalue weighted by Crippen LogP contribution is -2.54. The molecule has 2 N–H and O–H groups in total. The lowest BCUT2D eigenvalue weighted by Gasteiger charge is -2.43. The summed E-state index contributed by atoms with van der Waals surface area (Å²) in [7, 11) is 0. The third kappa shape index (κ3) is 4.44. The lowest BCUT2D eigenvalue weighted by molar-refractivity contribution is 0.0667. The standard InChI is InChI=1S/C17H34N2O/c1-4-17(14-6-7-14)19-11-15(13(2)3)10-16(12-19)18-8-5-9-20/h13-18,20H,4-12H2,1-3H3. The van der Waals surface area contributed by atoms with Gasteiger partial charge in [-0.25, -0.2) is 0 Å².